The van der Waals surface area contributed by atoms with Crippen LogP contribution < -0.4 is 15.3 Å². The fourth-order valence-corrected chi connectivity index (χ4v) is 2.14. The lowest BCUT2D eigenvalue weighted by molar-refractivity contribution is -0.393. The molecule has 0 saturated carbocycles. The summed E-state index contributed by atoms with van der Waals surface area (Å²) in [6, 6.07) is 8.05. The number of anilines is 3. The Bertz CT molecular complexity index is 813. The van der Waals surface area contributed by atoms with E-state index in [0.717, 1.165) is 11.8 Å². The van der Waals surface area contributed by atoms with Gasteiger partial charge < -0.3 is 20.1 Å². The molecule has 2 rings (SSSR count). The Morgan fingerprint density at radius 2 is 1.64 bits per heavy atom. The molecule has 10 heteroatoms. The fraction of sp³-hybridized carbons (Fsp3) is 0.133. The van der Waals surface area contributed by atoms with Crippen molar-refractivity contribution in [3.05, 3.63) is 62.2 Å². The van der Waals surface area contributed by atoms with Gasteiger partial charge in [0.15, 0.2) is 0 Å². The second-order valence-corrected chi connectivity index (χ2v) is 5.26. The molecule has 0 spiro atoms. The summed E-state index contributed by atoms with van der Waals surface area (Å²) in [5, 5.41) is 36.0. The number of nitrogens with one attached hydrogen (secondary N) is 1. The third-order valence-corrected chi connectivity index (χ3v) is 3.38. The first kappa shape index (κ1) is 17.7. The van der Waals surface area contributed by atoms with Crippen molar-refractivity contribution in [2.75, 3.05) is 24.3 Å². The lowest BCUT2D eigenvalue weighted by Crippen LogP contribution is -2.24. The van der Waals surface area contributed by atoms with Gasteiger partial charge in [-0.05, 0) is 24.3 Å². The smallest absolute Gasteiger partial charge is 0.300 e. The number of non-ortho nitro benzene ring substituents is 1. The highest BCUT2D eigenvalue weighted by molar-refractivity contribution is 5.98. The van der Waals surface area contributed by atoms with Crippen molar-refractivity contribution in [3.8, 4) is 0 Å². The van der Waals surface area contributed by atoms with Gasteiger partial charge in [-0.2, -0.15) is 0 Å². The van der Waals surface area contributed by atoms with Crippen LogP contribution in [0.15, 0.2) is 36.4 Å². The lowest BCUT2D eigenvalue weighted by atomic mass is 10.1. The zero-order valence-corrected chi connectivity index (χ0v) is 13.3. The molecule has 0 bridgehead atoms. The zero-order chi connectivity index (χ0) is 18.7. The summed E-state index contributed by atoms with van der Waals surface area (Å²) in [6.45, 7) is 0. The average Bonchev–Trinajstić information content (AvgIpc) is 2.54. The highest BCUT2D eigenvalue weighted by atomic mass is 16.6. The van der Waals surface area contributed by atoms with Crippen LogP contribution in [0.25, 0.3) is 0 Å². The normalized spacial score (nSPS) is 10.2. The Labute approximate surface area is 141 Å². The van der Waals surface area contributed by atoms with E-state index >= 15 is 0 Å². The van der Waals surface area contributed by atoms with Crippen molar-refractivity contribution in [2.45, 2.75) is 0 Å². The third-order valence-electron chi connectivity index (χ3n) is 3.38. The third kappa shape index (κ3) is 3.80. The van der Waals surface area contributed by atoms with Gasteiger partial charge in [-0.25, -0.2) is 0 Å². The van der Waals surface area contributed by atoms with Gasteiger partial charge in [-0.3, -0.25) is 20.2 Å². The van der Waals surface area contributed by atoms with Gasteiger partial charge in [-0.1, -0.05) is 0 Å². The molecule has 0 unspecified atom stereocenters. The maximum absolute atomic E-state index is 11.3. The zero-order valence-electron chi connectivity index (χ0n) is 13.3. The van der Waals surface area contributed by atoms with Gasteiger partial charge >= 0.3 is 0 Å². The number of hydrogen-bond donors (Lipinski definition) is 1. The minimum atomic E-state index is -1.76. The van der Waals surface area contributed by atoms with Gasteiger partial charge in [0, 0.05) is 37.1 Å². The second kappa shape index (κ2) is 6.83. The number of nitro benzene ring substituents is 2. The number of rotatable bonds is 6. The number of carbonyl (C=O) groups is 1. The van der Waals surface area contributed by atoms with Crippen LogP contribution in [0.2, 0.25) is 0 Å². The SMILES string of the molecule is CN(C)c1ccc(Nc2c(C(=O)[O-])cc([N+](=O)[O-])cc2[N+](=O)[O-])cc1. The summed E-state index contributed by atoms with van der Waals surface area (Å²) in [6.07, 6.45) is 0. The number of aromatic carboxylic acids is 1. The second-order valence-electron chi connectivity index (χ2n) is 5.26. The van der Waals surface area contributed by atoms with Gasteiger partial charge in [-0.15, -0.1) is 0 Å². The molecule has 1 N–H and O–H groups in total. The average molecular weight is 345 g/mol. The molecule has 0 fully saturated rings. The molecule has 25 heavy (non-hydrogen) atoms. The molecule has 0 amide bonds. The molecule has 0 aliphatic rings. The van der Waals surface area contributed by atoms with E-state index in [1.54, 1.807) is 24.3 Å². The summed E-state index contributed by atoms with van der Waals surface area (Å²) in [5.41, 5.74) is -1.25. The lowest BCUT2D eigenvalue weighted by Gasteiger charge is -2.15. The van der Waals surface area contributed by atoms with E-state index in [-0.39, 0.29) is 5.69 Å². The topological polar surface area (TPSA) is 142 Å². The molecule has 0 heterocycles. The Hall–Kier alpha value is -3.69. The monoisotopic (exact) mass is 345 g/mol. The Kier molecular flexibility index (Phi) is 4.82. The molecule has 0 radical (unpaired) electrons. The highest BCUT2D eigenvalue weighted by Gasteiger charge is 2.25. The van der Waals surface area contributed by atoms with Crippen molar-refractivity contribution >= 4 is 34.4 Å². The number of carboxylic acid groups (broad SMARTS) is 1. The summed E-state index contributed by atoms with van der Waals surface area (Å²) in [5.74, 6) is -1.76. The van der Waals surface area contributed by atoms with E-state index in [1.165, 1.54) is 0 Å². The predicted octanol–water partition coefficient (Wildman–Crippen LogP) is 1.68. The van der Waals surface area contributed by atoms with Crippen LogP contribution in [-0.4, -0.2) is 29.9 Å². The predicted molar refractivity (Wildman–Crippen MR) is 88.1 cm³/mol. The van der Waals surface area contributed by atoms with Crippen LogP contribution in [0.5, 0.6) is 0 Å². The standard InChI is InChI=1S/C15H14N4O6/c1-17(2)10-5-3-9(4-6-10)16-14-12(15(20)21)7-11(18(22)23)8-13(14)19(24)25/h3-8,16H,1-2H3,(H,20,21)/p-1. The molecule has 2 aromatic rings. The molecular weight excluding hydrogens is 332 g/mol. The van der Waals surface area contributed by atoms with E-state index in [1.807, 2.05) is 19.0 Å². The molecule has 0 aromatic heterocycles. The molecule has 2 aromatic carbocycles. The maximum atomic E-state index is 11.3. The molecule has 0 aliphatic carbocycles. The van der Waals surface area contributed by atoms with Gasteiger partial charge in [0.05, 0.1) is 21.9 Å². The minimum absolute atomic E-state index is 0.380. The van der Waals surface area contributed by atoms with Crippen LogP contribution in [-0.2, 0) is 0 Å². The van der Waals surface area contributed by atoms with Gasteiger partial charge in [0.25, 0.3) is 11.4 Å². The van der Waals surface area contributed by atoms with E-state index in [4.69, 9.17) is 0 Å². The number of nitrogens with zero attached hydrogens (tertiary/aromatic N) is 3. The van der Waals surface area contributed by atoms with E-state index in [2.05, 4.69) is 5.32 Å². The summed E-state index contributed by atoms with van der Waals surface area (Å²) in [7, 11) is 3.66. The van der Waals surface area contributed by atoms with E-state index in [0.29, 0.717) is 11.8 Å². The van der Waals surface area contributed by atoms with Crippen LogP contribution in [0, 0.1) is 20.2 Å². The summed E-state index contributed by atoms with van der Waals surface area (Å²) >= 11 is 0. The minimum Gasteiger partial charge on any atom is -0.545 e. The molecule has 0 atom stereocenters. The quantitative estimate of drug-likeness (QED) is 0.615. The van der Waals surface area contributed by atoms with Crippen LogP contribution >= 0.6 is 0 Å². The Balaban J connectivity index is 2.56. The first-order valence-electron chi connectivity index (χ1n) is 6.93. The van der Waals surface area contributed by atoms with Crippen molar-refractivity contribution in [2.24, 2.45) is 0 Å². The number of benzene rings is 2. The van der Waals surface area contributed by atoms with Crippen molar-refractivity contribution in [3.63, 3.8) is 0 Å². The number of carboxylic acids is 1. The van der Waals surface area contributed by atoms with Crippen LogP contribution in [0.1, 0.15) is 10.4 Å². The Morgan fingerprint density at radius 3 is 2.08 bits per heavy atom. The van der Waals surface area contributed by atoms with Crippen LogP contribution in [0.3, 0.4) is 0 Å². The maximum Gasteiger partial charge on any atom is 0.300 e. The first-order chi connectivity index (χ1) is 11.7. The summed E-state index contributed by atoms with van der Waals surface area (Å²) in [4.78, 5) is 33.4. The van der Waals surface area contributed by atoms with Gasteiger partial charge in [0.2, 0.25) is 0 Å². The largest absolute Gasteiger partial charge is 0.545 e. The fourth-order valence-electron chi connectivity index (χ4n) is 2.14. The Morgan fingerprint density at radius 1 is 1.04 bits per heavy atom. The molecule has 0 aliphatic heterocycles. The first-order valence-corrected chi connectivity index (χ1v) is 6.93. The molecule has 10 nitrogen and oxygen atoms in total. The van der Waals surface area contributed by atoms with Crippen molar-refractivity contribution < 1.29 is 19.7 Å². The number of carbonyl (C=O) groups excluding carboxylic acids is 1. The van der Waals surface area contributed by atoms with E-state index in [9.17, 15) is 30.1 Å². The van der Waals surface area contributed by atoms with Gasteiger partial charge in [0.1, 0.15) is 5.69 Å². The summed E-state index contributed by atoms with van der Waals surface area (Å²) < 4.78 is 0. The molecule has 130 valence electrons. The van der Waals surface area contributed by atoms with Crippen molar-refractivity contribution in [1.82, 2.24) is 0 Å². The van der Waals surface area contributed by atoms with Crippen LogP contribution in [0.4, 0.5) is 28.4 Å². The van der Waals surface area contributed by atoms with E-state index < -0.39 is 32.8 Å². The number of hydrogen-bond acceptors (Lipinski definition) is 8. The molecule has 0 saturated heterocycles. The molecular formula is C15H13N4O6-. The number of nitro groups is 2. The highest BCUT2D eigenvalue weighted by Crippen LogP contribution is 2.35. The van der Waals surface area contributed by atoms with Crippen molar-refractivity contribution in [1.29, 1.82) is 0 Å².